The van der Waals surface area contributed by atoms with Gasteiger partial charge >= 0.3 is 29.6 Å². The van der Waals surface area contributed by atoms with Crippen molar-refractivity contribution in [3.05, 3.63) is 26.6 Å². The third-order valence-electron chi connectivity index (χ3n) is 1.39. The molecule has 0 amide bonds. The third-order valence-corrected chi connectivity index (χ3v) is 3.86. The van der Waals surface area contributed by atoms with Crippen LogP contribution in [0.15, 0.2) is 26.0 Å². The van der Waals surface area contributed by atoms with Gasteiger partial charge in [-0.05, 0) is 51.6 Å². The molecule has 0 spiro atoms. The van der Waals surface area contributed by atoms with Gasteiger partial charge in [-0.25, -0.2) is 0 Å². The molecule has 0 aliphatic rings. The van der Waals surface area contributed by atoms with Gasteiger partial charge in [-0.2, -0.15) is 0 Å². The maximum atomic E-state index is 10.6. The quantitative estimate of drug-likeness (QED) is 0.525. The van der Waals surface area contributed by atoms with E-state index in [4.69, 9.17) is 0 Å². The van der Waals surface area contributed by atoms with E-state index < -0.39 is 11.1 Å². The summed E-state index contributed by atoms with van der Waals surface area (Å²) in [5.41, 5.74) is 0.996. The molecule has 1 rings (SSSR count). The van der Waals surface area contributed by atoms with Crippen LogP contribution in [0.1, 0.15) is 5.56 Å². The van der Waals surface area contributed by atoms with Crippen molar-refractivity contribution in [1.29, 1.82) is 0 Å². The van der Waals surface area contributed by atoms with Crippen molar-refractivity contribution in [2.75, 3.05) is 0 Å². The van der Waals surface area contributed by atoms with Crippen molar-refractivity contribution in [3.63, 3.8) is 0 Å². The van der Waals surface area contributed by atoms with Gasteiger partial charge in [0.15, 0.2) is 0 Å². The van der Waals surface area contributed by atoms with E-state index in [2.05, 4.69) is 31.9 Å². The molecule has 66 valence electrons. The fourth-order valence-corrected chi connectivity index (χ4v) is 2.54. The molecule has 0 aliphatic carbocycles. The van der Waals surface area contributed by atoms with Crippen molar-refractivity contribution in [2.45, 2.75) is 11.8 Å². The van der Waals surface area contributed by atoms with Gasteiger partial charge < -0.3 is 4.55 Å². The molecule has 1 atom stereocenters. The molecule has 0 saturated carbocycles. The molecule has 0 heterocycles. The van der Waals surface area contributed by atoms with Crippen molar-refractivity contribution in [1.82, 2.24) is 0 Å². The Bertz CT molecular complexity index is 344. The molecule has 1 unspecified atom stereocenters. The predicted molar refractivity (Wildman–Crippen MR) is 53.8 cm³/mol. The van der Waals surface area contributed by atoms with E-state index >= 15 is 0 Å². The van der Waals surface area contributed by atoms with Crippen LogP contribution in [-0.2, 0) is 11.1 Å². The summed E-state index contributed by atoms with van der Waals surface area (Å²) in [7, 11) is 0. The Labute approximate surface area is 118 Å². The number of rotatable bonds is 1. The Kier molecular flexibility index (Phi) is 6.60. The fourth-order valence-electron chi connectivity index (χ4n) is 0.756. The molecule has 0 bridgehead atoms. The average molecular weight is 336 g/mol. The molecule has 13 heavy (non-hydrogen) atoms. The molecular formula is C7H5Br2NaO2S. The minimum absolute atomic E-state index is 0. The maximum absolute atomic E-state index is 10.6. The van der Waals surface area contributed by atoms with Crippen molar-refractivity contribution in [2.24, 2.45) is 0 Å². The number of benzene rings is 1. The summed E-state index contributed by atoms with van der Waals surface area (Å²) >= 11 is 4.24. The van der Waals surface area contributed by atoms with Crippen LogP contribution >= 0.6 is 31.9 Å². The second kappa shape index (κ2) is 6.00. The molecule has 6 heteroatoms. The van der Waals surface area contributed by atoms with Crippen LogP contribution in [-0.4, -0.2) is 8.76 Å². The molecule has 0 fully saturated rings. The first-order chi connectivity index (χ1) is 5.52. The Morgan fingerprint density at radius 3 is 2.31 bits per heavy atom. The van der Waals surface area contributed by atoms with Gasteiger partial charge in [0.1, 0.15) is 0 Å². The molecule has 0 aromatic heterocycles. The van der Waals surface area contributed by atoms with Gasteiger partial charge in [-0.3, -0.25) is 4.21 Å². The maximum Gasteiger partial charge on any atom is 1.00 e. The molecule has 0 aliphatic heterocycles. The van der Waals surface area contributed by atoms with Gasteiger partial charge in [0, 0.05) is 13.8 Å². The Morgan fingerprint density at radius 2 is 1.85 bits per heavy atom. The zero-order valence-corrected chi connectivity index (χ0v) is 13.1. The van der Waals surface area contributed by atoms with Crippen LogP contribution in [0.4, 0.5) is 0 Å². The zero-order chi connectivity index (χ0) is 9.30. The van der Waals surface area contributed by atoms with E-state index in [1.165, 1.54) is 0 Å². The molecule has 0 N–H and O–H groups in total. The topological polar surface area (TPSA) is 40.1 Å². The first-order valence-electron chi connectivity index (χ1n) is 3.07. The Hall–Kier alpha value is 1.29. The summed E-state index contributed by atoms with van der Waals surface area (Å²) in [6.45, 7) is 1.90. The molecule has 0 radical (unpaired) electrons. The van der Waals surface area contributed by atoms with Gasteiger partial charge in [0.05, 0.1) is 0 Å². The van der Waals surface area contributed by atoms with E-state index in [1.807, 2.05) is 6.92 Å². The summed E-state index contributed by atoms with van der Waals surface area (Å²) < 4.78 is 22.7. The van der Waals surface area contributed by atoms with Crippen LogP contribution in [0.5, 0.6) is 0 Å². The number of aryl methyl sites for hydroxylation is 1. The predicted octanol–water partition coefficient (Wildman–Crippen LogP) is -0.238. The van der Waals surface area contributed by atoms with E-state index in [-0.39, 0.29) is 34.5 Å². The minimum atomic E-state index is -2.19. The number of hydrogen-bond donors (Lipinski definition) is 0. The van der Waals surface area contributed by atoms with Crippen LogP contribution in [0.2, 0.25) is 0 Å². The zero-order valence-electron chi connectivity index (χ0n) is 7.14. The van der Waals surface area contributed by atoms with Crippen molar-refractivity contribution in [3.8, 4) is 0 Å². The largest absolute Gasteiger partial charge is 1.00 e. The van der Waals surface area contributed by atoms with Gasteiger partial charge in [-0.15, -0.1) is 0 Å². The van der Waals surface area contributed by atoms with E-state index in [0.29, 0.717) is 4.47 Å². The van der Waals surface area contributed by atoms with E-state index in [0.717, 1.165) is 10.0 Å². The SMILES string of the molecule is Cc1cc(Br)c(S(=O)[O-])cc1Br.[Na+]. The van der Waals surface area contributed by atoms with Gasteiger partial charge in [0.25, 0.3) is 0 Å². The van der Waals surface area contributed by atoms with Crippen LogP contribution in [0.3, 0.4) is 0 Å². The van der Waals surface area contributed by atoms with Crippen LogP contribution in [0.25, 0.3) is 0 Å². The second-order valence-corrected chi connectivity index (χ2v) is 4.88. The first kappa shape index (κ1) is 14.3. The Balaban J connectivity index is 0.00000144. The summed E-state index contributed by atoms with van der Waals surface area (Å²) in [6, 6.07) is 3.33. The summed E-state index contributed by atoms with van der Waals surface area (Å²) in [4.78, 5) is 0.271. The smallest absolute Gasteiger partial charge is 0.768 e. The summed E-state index contributed by atoms with van der Waals surface area (Å²) in [5, 5.41) is 0. The standard InChI is InChI=1S/C7H6Br2O2S.Na/c1-4-2-6(9)7(12(10)11)3-5(4)8;/h2-3H,1H3,(H,10,11);/q;+1/p-1. The molecule has 2 nitrogen and oxygen atoms in total. The average Bonchev–Trinajstić information content (AvgIpc) is 1.96. The molecule has 0 saturated heterocycles. The van der Waals surface area contributed by atoms with Crippen molar-refractivity contribution >= 4 is 42.9 Å². The van der Waals surface area contributed by atoms with Crippen LogP contribution < -0.4 is 29.6 Å². The van der Waals surface area contributed by atoms with Gasteiger partial charge in [-0.1, -0.05) is 15.9 Å². The first-order valence-corrected chi connectivity index (χ1v) is 5.73. The van der Waals surface area contributed by atoms with Crippen molar-refractivity contribution < 1.29 is 38.3 Å². The second-order valence-electron chi connectivity index (χ2n) is 2.27. The normalized spacial score (nSPS) is 12.0. The van der Waals surface area contributed by atoms with E-state index in [9.17, 15) is 8.76 Å². The number of hydrogen-bond acceptors (Lipinski definition) is 2. The van der Waals surface area contributed by atoms with Gasteiger partial charge in [0.2, 0.25) is 0 Å². The summed E-state index contributed by atoms with van der Waals surface area (Å²) in [5.74, 6) is 0. The Morgan fingerprint density at radius 1 is 1.31 bits per heavy atom. The minimum Gasteiger partial charge on any atom is -0.768 e. The third kappa shape index (κ3) is 3.74. The fraction of sp³-hybridized carbons (Fsp3) is 0.143. The van der Waals surface area contributed by atoms with Crippen LogP contribution in [0, 0.1) is 6.92 Å². The molecule has 1 aromatic carbocycles. The monoisotopic (exact) mass is 334 g/mol. The molecular weight excluding hydrogens is 331 g/mol. The van der Waals surface area contributed by atoms with E-state index in [1.54, 1.807) is 12.1 Å². The molecule has 1 aromatic rings. The summed E-state index contributed by atoms with van der Waals surface area (Å²) in [6.07, 6.45) is 0. The number of halogens is 2.